The first-order valence-corrected chi connectivity index (χ1v) is 6.46. The highest BCUT2D eigenvalue weighted by Gasteiger charge is 2.08. The Hall–Kier alpha value is -1.66. The maximum Gasteiger partial charge on any atom is 0.271 e. The molecule has 2 rings (SSSR count). The molecule has 1 aromatic heterocycles. The largest absolute Gasteiger partial charge is 0.436 e. The summed E-state index contributed by atoms with van der Waals surface area (Å²) in [4.78, 5) is 11.3. The highest BCUT2D eigenvalue weighted by molar-refractivity contribution is 9.10. The first-order valence-electron chi connectivity index (χ1n) is 5.29. The molecule has 98 valence electrons. The van der Waals surface area contributed by atoms with Gasteiger partial charge in [-0.25, -0.2) is 0 Å². The number of carbonyl (C=O) groups is 1. The van der Waals surface area contributed by atoms with Gasteiger partial charge in [-0.15, -0.1) is 10.2 Å². The summed E-state index contributed by atoms with van der Waals surface area (Å²) >= 11 is 9.31. The van der Waals surface area contributed by atoms with E-state index in [9.17, 15) is 4.79 Å². The summed E-state index contributed by atoms with van der Waals surface area (Å²) in [6, 6.07) is 8.29. The molecule has 1 aromatic carbocycles. The first-order chi connectivity index (χ1) is 9.10. The fourth-order valence-corrected chi connectivity index (χ4v) is 1.79. The van der Waals surface area contributed by atoms with Crippen LogP contribution in [0.15, 0.2) is 34.8 Å². The number of amides is 1. The molecule has 0 saturated heterocycles. The van der Waals surface area contributed by atoms with Crippen molar-refractivity contribution in [2.45, 2.75) is 0 Å². The van der Waals surface area contributed by atoms with Crippen LogP contribution >= 0.6 is 27.5 Å². The lowest BCUT2D eigenvalue weighted by Crippen LogP contribution is -2.19. The molecule has 0 aliphatic carbocycles. The average molecular weight is 343 g/mol. The van der Waals surface area contributed by atoms with E-state index in [-0.39, 0.29) is 17.5 Å². The van der Waals surface area contributed by atoms with Crippen molar-refractivity contribution in [3.8, 4) is 11.6 Å². The van der Waals surface area contributed by atoms with Crippen LogP contribution in [0.4, 0.5) is 0 Å². The number of hydrogen-bond acceptors (Lipinski definition) is 4. The lowest BCUT2D eigenvalue weighted by atomic mass is 10.3. The van der Waals surface area contributed by atoms with Gasteiger partial charge in [-0.3, -0.25) is 4.79 Å². The van der Waals surface area contributed by atoms with Gasteiger partial charge >= 0.3 is 0 Å². The summed E-state index contributed by atoms with van der Waals surface area (Å²) in [5, 5.41) is 10.5. The van der Waals surface area contributed by atoms with Crippen molar-refractivity contribution in [1.82, 2.24) is 15.5 Å². The third kappa shape index (κ3) is 3.42. The molecule has 5 nitrogen and oxygen atoms in total. The summed E-state index contributed by atoms with van der Waals surface area (Å²) < 4.78 is 6.33. The van der Waals surface area contributed by atoms with Crippen molar-refractivity contribution in [1.29, 1.82) is 0 Å². The van der Waals surface area contributed by atoms with Gasteiger partial charge in [-0.05, 0) is 24.3 Å². The third-order valence-corrected chi connectivity index (χ3v) is 3.01. The first kappa shape index (κ1) is 13.8. The summed E-state index contributed by atoms with van der Waals surface area (Å²) in [6.45, 7) is 0. The van der Waals surface area contributed by atoms with E-state index in [4.69, 9.17) is 16.3 Å². The molecular weight excluding hydrogens is 334 g/mol. The number of ether oxygens (including phenoxy) is 1. The topological polar surface area (TPSA) is 64.1 Å². The molecule has 1 amide bonds. The molecule has 0 unspecified atom stereocenters. The average Bonchev–Trinajstić information content (AvgIpc) is 2.43. The Balaban J connectivity index is 2.19. The molecule has 7 heteroatoms. The number of nitrogens with one attached hydrogen (secondary N) is 1. The van der Waals surface area contributed by atoms with Gasteiger partial charge in [0.2, 0.25) is 5.88 Å². The molecule has 0 spiro atoms. The number of benzene rings is 1. The van der Waals surface area contributed by atoms with Crippen molar-refractivity contribution in [3.05, 3.63) is 45.5 Å². The summed E-state index contributed by atoms with van der Waals surface area (Å²) in [5.41, 5.74) is 0.218. The second-order valence-corrected chi connectivity index (χ2v) is 4.84. The standard InChI is InChI=1S/C12H9BrClN3O2/c1-15-12(18)9-4-5-11(17-16-9)19-10-6-7(13)2-3-8(10)14/h2-6H,1H3,(H,15,18). The number of hydrogen-bond donors (Lipinski definition) is 1. The molecule has 0 saturated carbocycles. The molecule has 0 atom stereocenters. The van der Waals surface area contributed by atoms with E-state index in [0.717, 1.165) is 4.47 Å². The van der Waals surface area contributed by atoms with E-state index in [1.807, 2.05) is 0 Å². The van der Waals surface area contributed by atoms with Crippen molar-refractivity contribution in [2.75, 3.05) is 7.05 Å². The Bertz CT molecular complexity index is 604. The zero-order valence-corrected chi connectivity index (χ0v) is 12.2. The molecule has 0 fully saturated rings. The third-order valence-electron chi connectivity index (χ3n) is 2.21. The fraction of sp³-hybridized carbons (Fsp3) is 0.0833. The van der Waals surface area contributed by atoms with Gasteiger partial charge in [0.1, 0.15) is 5.75 Å². The normalized spacial score (nSPS) is 10.1. The van der Waals surface area contributed by atoms with E-state index in [1.165, 1.54) is 13.1 Å². The molecule has 0 aliphatic heterocycles. The van der Waals surface area contributed by atoms with Gasteiger partial charge in [-0.1, -0.05) is 27.5 Å². The van der Waals surface area contributed by atoms with E-state index >= 15 is 0 Å². The quantitative estimate of drug-likeness (QED) is 0.931. The predicted octanol–water partition coefficient (Wildman–Crippen LogP) is 3.04. The van der Waals surface area contributed by atoms with Crippen LogP contribution in [0.2, 0.25) is 5.02 Å². The number of aromatic nitrogens is 2. The minimum atomic E-state index is -0.306. The second kappa shape index (κ2) is 5.99. The van der Waals surface area contributed by atoms with Crippen LogP contribution in [-0.2, 0) is 0 Å². The Morgan fingerprint density at radius 2 is 2.11 bits per heavy atom. The molecule has 0 aliphatic rings. The van der Waals surface area contributed by atoms with E-state index in [1.54, 1.807) is 24.3 Å². The molecule has 0 bridgehead atoms. The van der Waals surface area contributed by atoms with Crippen molar-refractivity contribution in [3.63, 3.8) is 0 Å². The van der Waals surface area contributed by atoms with Crippen LogP contribution in [0.1, 0.15) is 10.5 Å². The van der Waals surface area contributed by atoms with E-state index < -0.39 is 0 Å². The number of halogens is 2. The zero-order valence-electron chi connectivity index (χ0n) is 9.85. The fourth-order valence-electron chi connectivity index (χ4n) is 1.29. The van der Waals surface area contributed by atoms with Crippen LogP contribution in [0.25, 0.3) is 0 Å². The second-order valence-electron chi connectivity index (χ2n) is 3.51. The maximum atomic E-state index is 11.3. The highest BCUT2D eigenvalue weighted by atomic mass is 79.9. The molecular formula is C12H9BrClN3O2. The zero-order chi connectivity index (χ0) is 13.8. The number of rotatable bonds is 3. The molecule has 2 aromatic rings. The van der Waals surface area contributed by atoms with E-state index in [2.05, 4.69) is 31.4 Å². The maximum absolute atomic E-state index is 11.3. The van der Waals surface area contributed by atoms with Gasteiger partial charge in [0.25, 0.3) is 5.91 Å². The lowest BCUT2D eigenvalue weighted by Gasteiger charge is -2.06. The molecule has 0 radical (unpaired) electrons. The lowest BCUT2D eigenvalue weighted by molar-refractivity contribution is 0.0957. The van der Waals surface area contributed by atoms with Gasteiger partial charge < -0.3 is 10.1 Å². The van der Waals surface area contributed by atoms with Gasteiger partial charge in [0.05, 0.1) is 5.02 Å². The number of nitrogens with zero attached hydrogens (tertiary/aromatic N) is 2. The summed E-state index contributed by atoms with van der Waals surface area (Å²) in [7, 11) is 1.52. The number of carbonyl (C=O) groups excluding carboxylic acids is 1. The summed E-state index contributed by atoms with van der Waals surface area (Å²) in [6.07, 6.45) is 0. The Morgan fingerprint density at radius 3 is 2.74 bits per heavy atom. The minimum Gasteiger partial charge on any atom is -0.436 e. The Morgan fingerprint density at radius 1 is 1.32 bits per heavy atom. The smallest absolute Gasteiger partial charge is 0.271 e. The monoisotopic (exact) mass is 341 g/mol. The van der Waals surface area contributed by atoms with Crippen LogP contribution in [0.5, 0.6) is 11.6 Å². The van der Waals surface area contributed by atoms with Crippen molar-refractivity contribution < 1.29 is 9.53 Å². The van der Waals surface area contributed by atoms with Gasteiger partial charge in [0, 0.05) is 17.6 Å². The minimum absolute atomic E-state index is 0.218. The Kier molecular flexibility index (Phi) is 4.34. The summed E-state index contributed by atoms with van der Waals surface area (Å²) in [5.74, 6) is 0.408. The van der Waals surface area contributed by atoms with Crippen LogP contribution < -0.4 is 10.1 Å². The molecule has 19 heavy (non-hydrogen) atoms. The van der Waals surface area contributed by atoms with Crippen LogP contribution in [-0.4, -0.2) is 23.2 Å². The highest BCUT2D eigenvalue weighted by Crippen LogP contribution is 2.30. The molecule has 1 heterocycles. The predicted molar refractivity (Wildman–Crippen MR) is 74.6 cm³/mol. The van der Waals surface area contributed by atoms with Crippen molar-refractivity contribution >= 4 is 33.4 Å². The molecule has 1 N–H and O–H groups in total. The Labute approximate surface area is 123 Å². The van der Waals surface area contributed by atoms with E-state index in [0.29, 0.717) is 10.8 Å². The van der Waals surface area contributed by atoms with Crippen molar-refractivity contribution in [2.24, 2.45) is 0 Å². The van der Waals surface area contributed by atoms with Gasteiger partial charge in [0.15, 0.2) is 5.69 Å². The van der Waals surface area contributed by atoms with Crippen LogP contribution in [0, 0.1) is 0 Å². The van der Waals surface area contributed by atoms with Crippen LogP contribution in [0.3, 0.4) is 0 Å². The SMILES string of the molecule is CNC(=O)c1ccc(Oc2cc(Br)ccc2Cl)nn1. The van der Waals surface area contributed by atoms with Gasteiger partial charge in [-0.2, -0.15) is 0 Å².